The van der Waals surface area contributed by atoms with E-state index in [-0.39, 0.29) is 18.3 Å². The van der Waals surface area contributed by atoms with Gasteiger partial charge < -0.3 is 15.0 Å². The SMILES string of the molecule is CCOC(=O)Cc1cnc(NC(=O)CC)s1.Cc1cc(C)[nH]c(=S)n1. The Morgan fingerprint density at radius 1 is 1.36 bits per heavy atom. The zero-order valence-corrected chi connectivity index (χ0v) is 16.3. The maximum absolute atomic E-state index is 11.2. The van der Waals surface area contributed by atoms with Crippen molar-refractivity contribution >= 4 is 40.6 Å². The number of aryl methyl sites for hydroxylation is 2. The average molecular weight is 383 g/mol. The quantitative estimate of drug-likeness (QED) is 0.608. The van der Waals surface area contributed by atoms with Gasteiger partial charge in [0.15, 0.2) is 9.90 Å². The number of amides is 1. The number of hydrogen-bond acceptors (Lipinski definition) is 7. The molecule has 0 saturated heterocycles. The number of nitrogens with one attached hydrogen (secondary N) is 2. The first kappa shape index (κ1) is 20.9. The van der Waals surface area contributed by atoms with Crippen LogP contribution in [0.3, 0.4) is 0 Å². The third-order valence-electron chi connectivity index (χ3n) is 2.75. The lowest BCUT2D eigenvalue weighted by Crippen LogP contribution is -2.08. The fraction of sp³-hybridized carbons (Fsp3) is 0.438. The summed E-state index contributed by atoms with van der Waals surface area (Å²) in [6.07, 6.45) is 2.19. The van der Waals surface area contributed by atoms with Gasteiger partial charge in [0.25, 0.3) is 0 Å². The number of rotatable bonds is 5. The van der Waals surface area contributed by atoms with Crippen LogP contribution >= 0.6 is 23.6 Å². The summed E-state index contributed by atoms with van der Waals surface area (Å²) in [6, 6.07) is 1.95. The normalized spacial score (nSPS) is 9.76. The van der Waals surface area contributed by atoms with E-state index in [2.05, 4.69) is 20.3 Å². The van der Waals surface area contributed by atoms with Crippen molar-refractivity contribution in [1.82, 2.24) is 15.0 Å². The molecule has 9 heteroatoms. The van der Waals surface area contributed by atoms with Gasteiger partial charge in [-0.05, 0) is 39.1 Å². The van der Waals surface area contributed by atoms with E-state index < -0.39 is 0 Å². The summed E-state index contributed by atoms with van der Waals surface area (Å²) in [7, 11) is 0. The molecule has 2 N–H and O–H groups in total. The van der Waals surface area contributed by atoms with Crippen molar-refractivity contribution in [3.05, 3.63) is 33.3 Å². The van der Waals surface area contributed by atoms with Crippen molar-refractivity contribution in [3.63, 3.8) is 0 Å². The molecule has 0 aliphatic carbocycles. The van der Waals surface area contributed by atoms with Gasteiger partial charge in [-0.1, -0.05) is 6.92 Å². The van der Waals surface area contributed by atoms with Crippen LogP contribution in [0.5, 0.6) is 0 Å². The smallest absolute Gasteiger partial charge is 0.311 e. The number of thiazole rings is 1. The Hall–Kier alpha value is -2.13. The predicted molar refractivity (Wildman–Crippen MR) is 100 cm³/mol. The summed E-state index contributed by atoms with van der Waals surface area (Å²) in [5.41, 5.74) is 2.03. The second-order valence-electron chi connectivity index (χ2n) is 5.03. The number of aromatic nitrogens is 3. The molecule has 25 heavy (non-hydrogen) atoms. The Morgan fingerprint density at radius 3 is 2.64 bits per heavy atom. The molecule has 0 aromatic carbocycles. The van der Waals surface area contributed by atoms with Crippen molar-refractivity contribution in [2.24, 2.45) is 0 Å². The van der Waals surface area contributed by atoms with Gasteiger partial charge in [0.2, 0.25) is 5.91 Å². The van der Waals surface area contributed by atoms with Crippen LogP contribution in [-0.4, -0.2) is 33.4 Å². The Balaban J connectivity index is 0.000000293. The number of ether oxygens (including phenoxy) is 1. The molecule has 1 amide bonds. The van der Waals surface area contributed by atoms with Crippen LogP contribution in [0.25, 0.3) is 0 Å². The predicted octanol–water partition coefficient (Wildman–Crippen LogP) is 3.35. The molecule has 0 spiro atoms. The zero-order chi connectivity index (χ0) is 18.8. The number of nitrogens with zero attached hydrogens (tertiary/aromatic N) is 2. The number of esters is 1. The van der Waals surface area contributed by atoms with E-state index in [0.29, 0.717) is 22.9 Å². The molecule has 136 valence electrons. The monoisotopic (exact) mass is 382 g/mol. The Kier molecular flexibility index (Phi) is 8.93. The first-order valence-electron chi connectivity index (χ1n) is 7.78. The van der Waals surface area contributed by atoms with Crippen LogP contribution in [0, 0.1) is 18.6 Å². The topological polar surface area (TPSA) is 97.0 Å². The van der Waals surface area contributed by atoms with Crippen LogP contribution in [0.1, 0.15) is 36.5 Å². The highest BCUT2D eigenvalue weighted by Crippen LogP contribution is 2.18. The van der Waals surface area contributed by atoms with Crippen LogP contribution in [-0.2, 0) is 20.7 Å². The molecular formula is C16H22N4O3S2. The Morgan fingerprint density at radius 2 is 2.08 bits per heavy atom. The number of carbonyl (C=O) groups excluding carboxylic acids is 2. The first-order chi connectivity index (χ1) is 11.8. The summed E-state index contributed by atoms with van der Waals surface area (Å²) in [5.74, 6) is -0.364. The lowest BCUT2D eigenvalue weighted by Gasteiger charge is -1.98. The van der Waals surface area contributed by atoms with Crippen molar-refractivity contribution in [2.45, 2.75) is 40.5 Å². The largest absolute Gasteiger partial charge is 0.466 e. The summed E-state index contributed by atoms with van der Waals surface area (Å²) < 4.78 is 5.37. The Labute approximate surface area is 155 Å². The van der Waals surface area contributed by atoms with Gasteiger partial charge in [-0.3, -0.25) is 9.59 Å². The van der Waals surface area contributed by atoms with Crippen LogP contribution < -0.4 is 5.32 Å². The number of anilines is 1. The lowest BCUT2D eigenvalue weighted by molar-refractivity contribution is -0.142. The maximum atomic E-state index is 11.2. The highest BCUT2D eigenvalue weighted by Gasteiger charge is 2.09. The van der Waals surface area contributed by atoms with Crippen molar-refractivity contribution < 1.29 is 14.3 Å². The van der Waals surface area contributed by atoms with Crippen LogP contribution in [0.4, 0.5) is 5.13 Å². The maximum Gasteiger partial charge on any atom is 0.311 e. The van der Waals surface area contributed by atoms with E-state index >= 15 is 0 Å². The molecule has 2 heterocycles. The zero-order valence-electron chi connectivity index (χ0n) is 14.7. The fourth-order valence-electron chi connectivity index (χ4n) is 1.75. The van der Waals surface area contributed by atoms with E-state index in [1.807, 2.05) is 19.9 Å². The molecule has 2 rings (SSSR count). The van der Waals surface area contributed by atoms with Gasteiger partial charge in [-0.25, -0.2) is 9.97 Å². The van der Waals surface area contributed by atoms with Crippen LogP contribution in [0.2, 0.25) is 0 Å². The van der Waals surface area contributed by atoms with Crippen molar-refractivity contribution in [1.29, 1.82) is 0 Å². The molecular weight excluding hydrogens is 360 g/mol. The average Bonchev–Trinajstić information content (AvgIpc) is 2.93. The molecule has 7 nitrogen and oxygen atoms in total. The van der Waals surface area contributed by atoms with Gasteiger partial charge in [0.1, 0.15) is 0 Å². The molecule has 0 saturated carbocycles. The van der Waals surface area contributed by atoms with Gasteiger partial charge in [-0.2, -0.15) is 0 Å². The molecule has 0 bridgehead atoms. The van der Waals surface area contributed by atoms with Crippen LogP contribution in [0.15, 0.2) is 12.3 Å². The first-order valence-corrected chi connectivity index (χ1v) is 9.01. The van der Waals surface area contributed by atoms with E-state index in [1.54, 1.807) is 20.0 Å². The second kappa shape index (κ2) is 10.7. The van der Waals surface area contributed by atoms with E-state index in [0.717, 1.165) is 16.3 Å². The van der Waals surface area contributed by atoms with E-state index in [9.17, 15) is 9.59 Å². The third kappa shape index (κ3) is 8.50. The molecule has 0 unspecified atom stereocenters. The van der Waals surface area contributed by atoms with Gasteiger partial charge in [-0.15, -0.1) is 11.3 Å². The number of hydrogen-bond donors (Lipinski definition) is 2. The fourth-order valence-corrected chi connectivity index (χ4v) is 2.87. The highest BCUT2D eigenvalue weighted by atomic mass is 32.1. The summed E-state index contributed by atoms with van der Waals surface area (Å²) in [4.78, 5) is 33.9. The Bertz CT molecular complexity index is 747. The molecule has 0 aliphatic rings. The highest BCUT2D eigenvalue weighted by molar-refractivity contribution is 7.71. The van der Waals surface area contributed by atoms with Crippen molar-refractivity contribution in [3.8, 4) is 0 Å². The van der Waals surface area contributed by atoms with Crippen molar-refractivity contribution in [2.75, 3.05) is 11.9 Å². The summed E-state index contributed by atoms with van der Waals surface area (Å²) in [5, 5.41) is 3.15. The molecule has 2 aromatic rings. The van der Waals surface area contributed by atoms with E-state index in [1.165, 1.54) is 11.3 Å². The molecule has 2 aromatic heterocycles. The van der Waals surface area contributed by atoms with Gasteiger partial charge in [0.05, 0.1) is 13.0 Å². The van der Waals surface area contributed by atoms with Gasteiger partial charge in [0, 0.05) is 28.9 Å². The number of aromatic amines is 1. The third-order valence-corrected chi connectivity index (χ3v) is 3.86. The minimum absolute atomic E-state index is 0.0861. The summed E-state index contributed by atoms with van der Waals surface area (Å²) in [6.45, 7) is 7.79. The second-order valence-corrected chi connectivity index (χ2v) is 6.53. The number of carbonyl (C=O) groups is 2. The minimum atomic E-state index is -0.278. The standard InChI is InChI=1S/C10H14N2O3S.C6H8N2S/c1-3-8(13)12-10-11-6-7(16-10)5-9(14)15-4-2;1-4-3-5(2)8-6(9)7-4/h6H,3-5H2,1-2H3,(H,11,12,13);3H,1-2H3,(H,7,8,9). The van der Waals surface area contributed by atoms with E-state index in [4.69, 9.17) is 17.0 Å². The molecule has 0 fully saturated rings. The molecule has 0 aliphatic heterocycles. The number of H-pyrrole nitrogens is 1. The lowest BCUT2D eigenvalue weighted by atomic mass is 10.4. The molecule has 0 radical (unpaired) electrons. The van der Waals surface area contributed by atoms with Gasteiger partial charge >= 0.3 is 5.97 Å². The molecule has 0 atom stereocenters. The summed E-state index contributed by atoms with van der Waals surface area (Å²) >= 11 is 6.11. The minimum Gasteiger partial charge on any atom is -0.466 e.